The van der Waals surface area contributed by atoms with Gasteiger partial charge < -0.3 is 10.2 Å². The Labute approximate surface area is 121 Å². The maximum atomic E-state index is 11.5. The first kappa shape index (κ1) is 15.6. The van der Waals surface area contributed by atoms with Gasteiger partial charge in [-0.05, 0) is 40.0 Å². The summed E-state index contributed by atoms with van der Waals surface area (Å²) in [6.07, 6.45) is 3.99. The van der Waals surface area contributed by atoms with E-state index < -0.39 is 6.09 Å². The van der Waals surface area contributed by atoms with Gasteiger partial charge in [0.25, 0.3) is 0 Å². The Bertz CT molecular complexity index is 354. The lowest BCUT2D eigenvalue weighted by Gasteiger charge is -2.39. The van der Waals surface area contributed by atoms with Crippen LogP contribution in [0.4, 0.5) is 4.79 Å². The predicted octanol–water partition coefficient (Wildman–Crippen LogP) is 2.14. The Morgan fingerprint density at radius 3 is 2.40 bits per heavy atom. The number of aliphatic hydroxyl groups excluding tert-OH is 1. The third kappa shape index (κ3) is 3.26. The van der Waals surface area contributed by atoms with Gasteiger partial charge in [-0.3, -0.25) is 9.80 Å². The molecular weight excluding hydrogens is 256 g/mol. The van der Waals surface area contributed by atoms with Crippen molar-refractivity contribution in [1.29, 1.82) is 0 Å². The van der Waals surface area contributed by atoms with Gasteiger partial charge in [-0.25, -0.2) is 4.79 Å². The van der Waals surface area contributed by atoms with Gasteiger partial charge in [0, 0.05) is 30.7 Å². The Morgan fingerprint density at radius 2 is 1.85 bits per heavy atom. The highest BCUT2D eigenvalue weighted by molar-refractivity contribution is 5.66. The molecule has 0 aromatic heterocycles. The highest BCUT2D eigenvalue weighted by atomic mass is 16.4. The van der Waals surface area contributed by atoms with Crippen LogP contribution in [0.1, 0.15) is 52.9 Å². The van der Waals surface area contributed by atoms with Crippen molar-refractivity contribution in [3.05, 3.63) is 0 Å². The number of aliphatic hydroxyl groups is 1. The fourth-order valence-electron chi connectivity index (χ4n) is 3.79. The monoisotopic (exact) mass is 284 g/mol. The minimum atomic E-state index is -0.839. The molecule has 0 spiro atoms. The molecule has 2 fully saturated rings. The van der Waals surface area contributed by atoms with Crippen LogP contribution in [0.2, 0.25) is 0 Å². The van der Waals surface area contributed by atoms with Gasteiger partial charge in [0.1, 0.15) is 0 Å². The number of carboxylic acid groups (broad SMARTS) is 1. The van der Waals surface area contributed by atoms with Crippen molar-refractivity contribution in [3.8, 4) is 0 Å². The number of carbonyl (C=O) groups is 1. The van der Waals surface area contributed by atoms with Gasteiger partial charge in [0.2, 0.25) is 0 Å². The average molecular weight is 284 g/mol. The van der Waals surface area contributed by atoms with Gasteiger partial charge >= 0.3 is 6.09 Å². The Morgan fingerprint density at radius 1 is 1.20 bits per heavy atom. The van der Waals surface area contributed by atoms with Crippen molar-refractivity contribution < 1.29 is 15.0 Å². The predicted molar refractivity (Wildman–Crippen MR) is 77.9 cm³/mol. The zero-order valence-corrected chi connectivity index (χ0v) is 12.9. The molecule has 2 rings (SSSR count). The molecule has 20 heavy (non-hydrogen) atoms. The molecule has 1 aliphatic heterocycles. The fourth-order valence-corrected chi connectivity index (χ4v) is 3.79. The number of hydrogen-bond acceptors (Lipinski definition) is 3. The third-order valence-corrected chi connectivity index (χ3v) is 4.65. The van der Waals surface area contributed by atoms with Crippen molar-refractivity contribution in [2.45, 2.75) is 76.6 Å². The van der Waals surface area contributed by atoms with Gasteiger partial charge in [-0.2, -0.15) is 0 Å². The fraction of sp³-hybridized carbons (Fsp3) is 0.933. The molecule has 1 heterocycles. The summed E-state index contributed by atoms with van der Waals surface area (Å²) in [6.45, 7) is 7.48. The first-order valence-corrected chi connectivity index (χ1v) is 7.75. The van der Waals surface area contributed by atoms with E-state index in [-0.39, 0.29) is 23.7 Å². The molecule has 0 radical (unpaired) electrons. The zero-order valence-electron chi connectivity index (χ0n) is 12.9. The summed E-state index contributed by atoms with van der Waals surface area (Å²) in [6, 6.07) is 0.269. The number of rotatable bonds is 2. The third-order valence-electron chi connectivity index (χ3n) is 4.65. The van der Waals surface area contributed by atoms with Crippen LogP contribution in [0.25, 0.3) is 0 Å². The number of amides is 1. The van der Waals surface area contributed by atoms with Crippen LogP contribution in [0.3, 0.4) is 0 Å². The molecule has 5 heteroatoms. The van der Waals surface area contributed by atoms with Crippen molar-refractivity contribution in [2.24, 2.45) is 0 Å². The van der Waals surface area contributed by atoms with Gasteiger partial charge in [-0.1, -0.05) is 12.8 Å². The SMILES string of the molecule is CC(C)(C)N(C(=O)O)[C@@H]1CCN(C2CCCCC2O)C1. The van der Waals surface area contributed by atoms with Crippen molar-refractivity contribution in [1.82, 2.24) is 9.80 Å². The maximum Gasteiger partial charge on any atom is 0.408 e. The normalized spacial score (nSPS) is 32.3. The first-order chi connectivity index (χ1) is 9.30. The van der Waals surface area contributed by atoms with E-state index in [0.717, 1.165) is 38.8 Å². The Kier molecular flexibility index (Phi) is 4.59. The lowest BCUT2D eigenvalue weighted by Crippen LogP contribution is -2.53. The summed E-state index contributed by atoms with van der Waals surface area (Å²) in [5.74, 6) is 0. The molecule has 0 aromatic rings. The summed E-state index contributed by atoms with van der Waals surface area (Å²) < 4.78 is 0. The molecule has 0 bridgehead atoms. The van der Waals surface area contributed by atoms with E-state index in [9.17, 15) is 15.0 Å². The van der Waals surface area contributed by atoms with E-state index in [4.69, 9.17) is 0 Å². The summed E-state index contributed by atoms with van der Waals surface area (Å²) in [7, 11) is 0. The number of nitrogens with zero attached hydrogens (tertiary/aromatic N) is 2. The smallest absolute Gasteiger partial charge is 0.408 e. The lowest BCUT2D eigenvalue weighted by molar-refractivity contribution is 0.0232. The Balaban J connectivity index is 2.02. The molecule has 2 aliphatic rings. The Hall–Kier alpha value is -0.810. The molecule has 3 atom stereocenters. The molecule has 2 unspecified atom stereocenters. The summed E-state index contributed by atoms with van der Waals surface area (Å²) >= 11 is 0. The summed E-state index contributed by atoms with van der Waals surface area (Å²) in [4.78, 5) is 15.4. The van der Waals surface area contributed by atoms with Crippen LogP contribution in [-0.4, -0.2) is 62.9 Å². The summed E-state index contributed by atoms with van der Waals surface area (Å²) in [5, 5.41) is 19.6. The van der Waals surface area contributed by atoms with Crippen molar-refractivity contribution >= 4 is 6.09 Å². The van der Waals surface area contributed by atoms with Gasteiger partial charge in [-0.15, -0.1) is 0 Å². The minimum absolute atomic E-state index is 0.0432. The maximum absolute atomic E-state index is 11.5. The zero-order chi connectivity index (χ0) is 14.9. The van der Waals surface area contributed by atoms with E-state index in [1.165, 1.54) is 6.42 Å². The van der Waals surface area contributed by atoms with E-state index in [1.807, 2.05) is 20.8 Å². The van der Waals surface area contributed by atoms with Crippen LogP contribution < -0.4 is 0 Å². The number of hydrogen-bond donors (Lipinski definition) is 2. The topological polar surface area (TPSA) is 64.0 Å². The molecule has 1 saturated carbocycles. The second-order valence-corrected chi connectivity index (χ2v) is 7.18. The number of likely N-dealkylation sites (tertiary alicyclic amines) is 1. The van der Waals surface area contributed by atoms with Crippen molar-refractivity contribution in [3.63, 3.8) is 0 Å². The molecular formula is C15H28N2O3. The second-order valence-electron chi connectivity index (χ2n) is 7.18. The highest BCUT2D eigenvalue weighted by Gasteiger charge is 2.40. The quantitative estimate of drug-likeness (QED) is 0.815. The van der Waals surface area contributed by atoms with Crippen LogP contribution in [0.5, 0.6) is 0 Å². The lowest BCUT2D eigenvalue weighted by atomic mass is 9.91. The van der Waals surface area contributed by atoms with Crippen LogP contribution in [0.15, 0.2) is 0 Å². The molecule has 1 saturated heterocycles. The molecule has 2 N–H and O–H groups in total. The summed E-state index contributed by atoms with van der Waals surface area (Å²) in [5.41, 5.74) is -0.377. The van der Waals surface area contributed by atoms with E-state index >= 15 is 0 Å². The van der Waals surface area contributed by atoms with Gasteiger partial charge in [0.15, 0.2) is 0 Å². The molecule has 5 nitrogen and oxygen atoms in total. The van der Waals surface area contributed by atoms with Crippen LogP contribution in [0, 0.1) is 0 Å². The van der Waals surface area contributed by atoms with E-state index in [1.54, 1.807) is 4.90 Å². The van der Waals surface area contributed by atoms with Crippen molar-refractivity contribution in [2.75, 3.05) is 13.1 Å². The molecule has 0 aromatic carbocycles. The largest absolute Gasteiger partial charge is 0.465 e. The highest BCUT2D eigenvalue weighted by Crippen LogP contribution is 2.30. The molecule has 116 valence electrons. The molecule has 1 amide bonds. The van der Waals surface area contributed by atoms with E-state index in [2.05, 4.69) is 4.90 Å². The minimum Gasteiger partial charge on any atom is -0.465 e. The standard InChI is InChI=1S/C15H28N2O3/c1-15(2,3)17(14(19)20)11-8-9-16(10-11)12-6-4-5-7-13(12)18/h11-13,18H,4-10H2,1-3H3,(H,19,20)/t11-,12?,13?/m1/s1. The van der Waals surface area contributed by atoms with Crippen LogP contribution >= 0.6 is 0 Å². The molecule has 1 aliphatic carbocycles. The average Bonchev–Trinajstić information content (AvgIpc) is 2.76. The van der Waals surface area contributed by atoms with Gasteiger partial charge in [0.05, 0.1) is 6.10 Å². The van der Waals surface area contributed by atoms with E-state index in [0.29, 0.717) is 0 Å². The van der Waals surface area contributed by atoms with Crippen LogP contribution in [-0.2, 0) is 0 Å². The first-order valence-electron chi connectivity index (χ1n) is 7.75. The second kappa shape index (κ2) is 5.90.